The Morgan fingerprint density at radius 2 is 1.35 bits per heavy atom. The molecule has 0 radical (unpaired) electrons. The Hall–Kier alpha value is -2.40. The summed E-state index contributed by atoms with van der Waals surface area (Å²) in [5, 5.41) is 0. The molecule has 218 valence electrons. The van der Waals surface area contributed by atoms with Crippen LogP contribution in [0, 0.1) is 48.2 Å². The van der Waals surface area contributed by atoms with E-state index >= 15 is 0 Å². The molecule has 1 aliphatic heterocycles. The molecule has 0 spiro atoms. The Labute approximate surface area is 253 Å². The summed E-state index contributed by atoms with van der Waals surface area (Å²) in [6.07, 6.45) is 0. The van der Waals surface area contributed by atoms with Crippen LogP contribution in [0.2, 0.25) is 0 Å². The Kier molecular flexibility index (Phi) is 11.6. The van der Waals surface area contributed by atoms with E-state index in [0.29, 0.717) is 0 Å². The summed E-state index contributed by atoms with van der Waals surface area (Å²) in [4.78, 5) is 17.8. The third-order valence-electron chi connectivity index (χ3n) is 6.83. The fourth-order valence-electron chi connectivity index (χ4n) is 5.44. The van der Waals surface area contributed by atoms with Gasteiger partial charge in [0.25, 0.3) is 0 Å². The third-order valence-corrected chi connectivity index (χ3v) is 8.67. The van der Waals surface area contributed by atoms with Gasteiger partial charge in [0, 0.05) is 24.5 Å². The summed E-state index contributed by atoms with van der Waals surface area (Å²) in [7, 11) is 14.9. The van der Waals surface area contributed by atoms with Crippen molar-refractivity contribution in [1.82, 2.24) is 0 Å². The van der Waals surface area contributed by atoms with E-state index in [-0.39, 0.29) is 12.5 Å². The molecule has 1 aliphatic rings. The molecule has 3 aromatic rings. The smallest absolute Gasteiger partial charge is 0.0146 e. The SMILES string of the molecule is COC(=O)CN(C)c1ccccc1[CH]=[Ru]([Cl])[Cl].Cc1cc(C)c(N2[CH-]N(c3c(C)cc(C)cc3C)CC2)c(C)c1. The number of hydrogen-bond acceptors (Lipinski definition) is 5. The minimum absolute atomic E-state index is 0.193. The molecule has 3 aromatic carbocycles. The van der Waals surface area contributed by atoms with E-state index < -0.39 is 13.5 Å². The molecule has 0 N–H and O–H groups in total. The molecular formula is C32H40Cl2N3O2Ru-. The number of nitrogens with zero attached hydrogens (tertiary/aromatic N) is 3. The van der Waals surface area contributed by atoms with Gasteiger partial charge in [-0.1, -0.05) is 35.4 Å². The molecule has 1 fully saturated rings. The van der Waals surface area contributed by atoms with E-state index in [2.05, 4.69) is 87.0 Å². The van der Waals surface area contributed by atoms with Gasteiger partial charge in [0.15, 0.2) is 0 Å². The van der Waals surface area contributed by atoms with Crippen molar-refractivity contribution in [2.75, 3.05) is 48.5 Å². The Balaban J connectivity index is 0.000000232. The van der Waals surface area contributed by atoms with Crippen molar-refractivity contribution in [3.05, 3.63) is 94.1 Å². The van der Waals surface area contributed by atoms with Gasteiger partial charge in [-0.15, -0.1) is 0 Å². The predicted octanol–water partition coefficient (Wildman–Crippen LogP) is 7.35. The molecule has 0 aromatic heterocycles. The van der Waals surface area contributed by atoms with Crippen LogP contribution in [0.25, 0.3) is 0 Å². The summed E-state index contributed by atoms with van der Waals surface area (Å²) in [5.74, 6) is -0.284. The normalized spacial score (nSPS) is 13.0. The predicted molar refractivity (Wildman–Crippen MR) is 169 cm³/mol. The third kappa shape index (κ3) is 8.31. The first kappa shape index (κ1) is 32.1. The first-order valence-corrected chi connectivity index (χ1v) is 18.6. The molecule has 0 bridgehead atoms. The van der Waals surface area contributed by atoms with Gasteiger partial charge in [-0.3, -0.25) is 0 Å². The minimum Gasteiger partial charge on any atom is -0.502 e. The first-order valence-electron chi connectivity index (χ1n) is 13.1. The van der Waals surface area contributed by atoms with Crippen molar-refractivity contribution in [2.45, 2.75) is 41.5 Å². The van der Waals surface area contributed by atoms with Gasteiger partial charge in [-0.25, -0.2) is 0 Å². The quantitative estimate of drug-likeness (QED) is 0.156. The topological polar surface area (TPSA) is 36.0 Å². The monoisotopic (exact) mass is 670 g/mol. The standard InChI is InChI=1S/C21H27N2.C11H13NO2.2ClH.Ru/c1-14-9-16(3)20(17(4)10-14)22-7-8-23(13-22)21-18(5)11-15(2)12-19(21)6;1-9-6-4-5-7-10(9)12(2)8-11(13)14-3;;;/h9-13H,7-8H2,1-6H3;1,4-7H,8H2,2-3H3;2*1H;/q-1;;;;+2/p-2. The van der Waals surface area contributed by atoms with Crippen LogP contribution in [0.3, 0.4) is 0 Å². The number of likely N-dealkylation sites (N-methyl/N-ethyl adjacent to an activating group) is 1. The Morgan fingerprint density at radius 1 is 0.900 bits per heavy atom. The molecule has 0 amide bonds. The number of ether oxygens (including phenoxy) is 1. The molecule has 40 heavy (non-hydrogen) atoms. The van der Waals surface area contributed by atoms with E-state index in [1.54, 1.807) is 0 Å². The molecular weight excluding hydrogens is 630 g/mol. The average molecular weight is 671 g/mol. The molecule has 0 atom stereocenters. The number of anilines is 3. The van der Waals surface area contributed by atoms with Gasteiger partial charge in [0.1, 0.15) is 0 Å². The van der Waals surface area contributed by atoms with Crippen molar-refractivity contribution >= 4 is 47.0 Å². The van der Waals surface area contributed by atoms with E-state index in [0.717, 1.165) is 24.3 Å². The molecule has 4 rings (SSSR count). The van der Waals surface area contributed by atoms with Gasteiger partial charge in [-0.2, -0.15) is 6.67 Å². The fraction of sp³-hybridized carbons (Fsp3) is 0.344. The van der Waals surface area contributed by atoms with Crippen molar-refractivity contribution in [3.8, 4) is 0 Å². The summed E-state index contributed by atoms with van der Waals surface area (Å²) in [5.41, 5.74) is 12.7. The summed E-state index contributed by atoms with van der Waals surface area (Å²) < 4.78 is 6.49. The van der Waals surface area contributed by atoms with E-state index in [9.17, 15) is 4.79 Å². The first-order chi connectivity index (χ1) is 18.9. The number of methoxy groups -OCH3 is 1. The summed E-state index contributed by atoms with van der Waals surface area (Å²) in [6, 6.07) is 16.8. The second kappa shape index (κ2) is 14.5. The molecule has 1 heterocycles. The minimum atomic E-state index is -1.87. The maximum atomic E-state index is 11.2. The van der Waals surface area contributed by atoms with Crippen LogP contribution in [0.1, 0.15) is 38.9 Å². The van der Waals surface area contributed by atoms with Gasteiger partial charge >= 0.3 is 114 Å². The Bertz CT molecular complexity index is 1280. The fourth-order valence-corrected chi connectivity index (χ4v) is 7.25. The second-order valence-electron chi connectivity index (χ2n) is 10.3. The number of hydrogen-bond donors (Lipinski definition) is 0. The van der Waals surface area contributed by atoms with Crippen molar-refractivity contribution in [3.63, 3.8) is 0 Å². The molecule has 8 heteroatoms. The van der Waals surface area contributed by atoms with Gasteiger partial charge in [0.2, 0.25) is 0 Å². The van der Waals surface area contributed by atoms with Crippen LogP contribution in [-0.4, -0.2) is 44.4 Å². The van der Waals surface area contributed by atoms with Gasteiger partial charge in [-0.05, 0) is 63.8 Å². The number of benzene rings is 3. The van der Waals surface area contributed by atoms with Crippen molar-refractivity contribution < 1.29 is 23.0 Å². The van der Waals surface area contributed by atoms with Crippen molar-refractivity contribution in [1.29, 1.82) is 0 Å². The number of para-hydroxylation sites is 1. The van der Waals surface area contributed by atoms with Crippen LogP contribution in [0.4, 0.5) is 17.1 Å². The zero-order valence-electron chi connectivity index (χ0n) is 24.7. The number of halogens is 2. The van der Waals surface area contributed by atoms with Crippen LogP contribution in [0.15, 0.2) is 48.5 Å². The number of esters is 1. The van der Waals surface area contributed by atoms with Crippen molar-refractivity contribution in [2.24, 2.45) is 0 Å². The molecule has 0 saturated carbocycles. The average Bonchev–Trinajstić information content (AvgIpc) is 3.32. The second-order valence-corrected chi connectivity index (χ2v) is 16.0. The summed E-state index contributed by atoms with van der Waals surface area (Å²) >= 11 is -1.87. The largest absolute Gasteiger partial charge is 0.502 e. The van der Waals surface area contributed by atoms with Crippen LogP contribution < -0.4 is 14.7 Å². The zero-order chi connectivity index (χ0) is 29.6. The van der Waals surface area contributed by atoms with E-state index in [1.807, 2.05) is 40.8 Å². The van der Waals surface area contributed by atoms with Crippen LogP contribution in [0.5, 0.6) is 0 Å². The number of carbonyl (C=O) groups is 1. The number of rotatable bonds is 6. The maximum Gasteiger partial charge on any atom is 0.0146 e. The van der Waals surface area contributed by atoms with Gasteiger partial charge < -0.3 is 9.80 Å². The van der Waals surface area contributed by atoms with Crippen LogP contribution >= 0.6 is 19.4 Å². The molecule has 1 saturated heterocycles. The number of aryl methyl sites for hydroxylation is 6. The number of carbonyl (C=O) groups excluding carboxylic acids is 1. The Morgan fingerprint density at radius 3 is 1.77 bits per heavy atom. The van der Waals surface area contributed by atoms with E-state index in [1.165, 1.54) is 51.9 Å². The zero-order valence-corrected chi connectivity index (χ0v) is 27.9. The van der Waals surface area contributed by atoms with Crippen LogP contribution in [-0.2, 0) is 23.0 Å². The van der Waals surface area contributed by atoms with Gasteiger partial charge in [0.05, 0.1) is 0 Å². The molecule has 0 unspecified atom stereocenters. The maximum absolute atomic E-state index is 11.2. The summed E-state index contributed by atoms with van der Waals surface area (Å²) in [6.45, 7) is 17.8. The van der Waals surface area contributed by atoms with E-state index in [4.69, 9.17) is 19.4 Å². The molecule has 0 aliphatic carbocycles. The molecule has 5 nitrogen and oxygen atoms in total.